The van der Waals surface area contributed by atoms with E-state index in [1.54, 1.807) is 25.1 Å². The zero-order chi connectivity index (χ0) is 18.6. The molecule has 0 fully saturated rings. The Labute approximate surface area is 151 Å². The summed E-state index contributed by atoms with van der Waals surface area (Å²) in [6.45, 7) is 1.06. The van der Waals surface area contributed by atoms with Crippen LogP contribution in [0.2, 0.25) is 5.02 Å². The number of fused-ring (bicyclic) bond motifs is 4. The van der Waals surface area contributed by atoms with Crippen LogP contribution in [0.5, 0.6) is 5.75 Å². The molecule has 1 aliphatic carbocycles. The molecule has 2 aromatic carbocycles. The molecule has 130 valence electrons. The maximum absolute atomic E-state index is 13.1. The van der Waals surface area contributed by atoms with Gasteiger partial charge in [0, 0.05) is 10.9 Å². The van der Waals surface area contributed by atoms with Crippen molar-refractivity contribution in [3.8, 4) is 5.75 Å². The van der Waals surface area contributed by atoms with Gasteiger partial charge in [-0.05, 0) is 18.6 Å². The highest BCUT2D eigenvalue weighted by atomic mass is 35.5. The monoisotopic (exact) mass is 370 g/mol. The van der Waals surface area contributed by atoms with Crippen LogP contribution >= 0.6 is 11.6 Å². The van der Waals surface area contributed by atoms with Crippen LogP contribution in [-0.4, -0.2) is 23.5 Å². The van der Waals surface area contributed by atoms with E-state index in [0.717, 1.165) is 0 Å². The zero-order valence-corrected chi connectivity index (χ0v) is 14.2. The molecule has 1 aromatic heterocycles. The van der Waals surface area contributed by atoms with E-state index in [1.165, 1.54) is 12.1 Å². The Bertz CT molecular complexity index is 1170. The lowest BCUT2D eigenvalue weighted by Crippen LogP contribution is -2.24. The number of halogens is 1. The number of aryl methyl sites for hydroxylation is 1. The number of hydrogen-bond acceptors (Lipinski definition) is 6. The van der Waals surface area contributed by atoms with Gasteiger partial charge in [0.25, 0.3) is 0 Å². The Morgan fingerprint density at radius 3 is 2.58 bits per heavy atom. The quantitative estimate of drug-likeness (QED) is 0.545. The summed E-state index contributed by atoms with van der Waals surface area (Å²) >= 11 is 6.22. The van der Waals surface area contributed by atoms with E-state index in [9.17, 15) is 14.4 Å². The number of ether oxygens (including phenoxy) is 1. The molecule has 0 bridgehead atoms. The second kappa shape index (κ2) is 5.79. The van der Waals surface area contributed by atoms with E-state index in [-0.39, 0.29) is 44.0 Å². The van der Waals surface area contributed by atoms with Crippen molar-refractivity contribution in [2.75, 3.05) is 6.79 Å². The van der Waals surface area contributed by atoms with Crippen molar-refractivity contribution in [2.45, 2.75) is 6.92 Å². The largest absolute Gasteiger partial charge is 0.467 e. The van der Waals surface area contributed by atoms with Gasteiger partial charge in [-0.1, -0.05) is 35.9 Å². The number of carbonyl (C=O) groups excluding carboxylic acids is 2. The summed E-state index contributed by atoms with van der Waals surface area (Å²) in [6.07, 6.45) is 0. The summed E-state index contributed by atoms with van der Waals surface area (Å²) in [5, 5.41) is 9.52. The molecule has 0 aliphatic heterocycles. The predicted molar refractivity (Wildman–Crippen MR) is 93.3 cm³/mol. The standard InChI is InChI=1S/C19H11ClO6/c1-8-5-6-9-13(15(8)20)19(24)26-18-14(9)16(22)10-3-2-4-11(25-7-21)12(10)17(18)23/h2-6,21H,7H2,1H3. The lowest BCUT2D eigenvalue weighted by molar-refractivity contribution is 0.0894. The van der Waals surface area contributed by atoms with Crippen molar-refractivity contribution in [2.24, 2.45) is 0 Å². The minimum Gasteiger partial charge on any atom is -0.467 e. The third kappa shape index (κ3) is 2.13. The highest BCUT2D eigenvalue weighted by Gasteiger charge is 2.37. The second-order valence-electron chi connectivity index (χ2n) is 5.82. The number of hydrogen-bond donors (Lipinski definition) is 1. The molecule has 0 saturated heterocycles. The molecular formula is C19H11ClO6. The third-order valence-electron chi connectivity index (χ3n) is 4.38. The maximum atomic E-state index is 13.1. The van der Waals surface area contributed by atoms with Crippen molar-refractivity contribution in [1.82, 2.24) is 0 Å². The number of aliphatic hydroxyl groups is 1. The second-order valence-corrected chi connectivity index (χ2v) is 6.20. The summed E-state index contributed by atoms with van der Waals surface area (Å²) in [6, 6.07) is 7.72. The molecule has 1 heterocycles. The first-order chi connectivity index (χ1) is 12.5. The van der Waals surface area contributed by atoms with E-state index >= 15 is 0 Å². The molecule has 0 atom stereocenters. The fourth-order valence-corrected chi connectivity index (χ4v) is 3.43. The predicted octanol–water partition coefficient (Wildman–Crippen LogP) is 2.86. The number of benzene rings is 2. The van der Waals surface area contributed by atoms with Gasteiger partial charge in [-0.15, -0.1) is 0 Å². The van der Waals surface area contributed by atoms with Gasteiger partial charge in [-0.2, -0.15) is 0 Å². The minimum absolute atomic E-state index is 0.000137. The normalized spacial score (nSPS) is 12.9. The van der Waals surface area contributed by atoms with Crippen LogP contribution < -0.4 is 10.4 Å². The van der Waals surface area contributed by atoms with E-state index < -0.39 is 24.0 Å². The van der Waals surface area contributed by atoms with Crippen LogP contribution in [0, 0.1) is 6.92 Å². The molecule has 1 aliphatic rings. The van der Waals surface area contributed by atoms with Gasteiger partial charge in [0.05, 0.1) is 21.5 Å². The van der Waals surface area contributed by atoms with Gasteiger partial charge in [0.15, 0.2) is 18.3 Å². The number of carbonyl (C=O) groups is 2. The average molecular weight is 371 g/mol. The molecule has 0 spiro atoms. The molecule has 6 nitrogen and oxygen atoms in total. The molecule has 26 heavy (non-hydrogen) atoms. The minimum atomic E-state index is -0.794. The SMILES string of the molecule is Cc1ccc2c3c(oc(=O)c2c1Cl)C(=O)c1c(OCO)cccc1C3=O. The third-order valence-corrected chi connectivity index (χ3v) is 4.87. The number of aliphatic hydroxyl groups excluding tert-OH is 1. The summed E-state index contributed by atoms with van der Waals surface area (Å²) in [5.74, 6) is -1.45. The topological polar surface area (TPSA) is 93.8 Å². The molecule has 3 aromatic rings. The van der Waals surface area contributed by atoms with Gasteiger partial charge in [0.2, 0.25) is 5.78 Å². The molecule has 0 unspecified atom stereocenters. The van der Waals surface area contributed by atoms with Crippen molar-refractivity contribution in [3.63, 3.8) is 0 Å². The summed E-state index contributed by atoms with van der Waals surface area (Å²) in [4.78, 5) is 38.4. The average Bonchev–Trinajstić information content (AvgIpc) is 2.62. The summed E-state index contributed by atoms with van der Waals surface area (Å²) in [5.41, 5.74) is -0.0714. The lowest BCUT2D eigenvalue weighted by Gasteiger charge is -2.20. The Morgan fingerprint density at radius 2 is 1.85 bits per heavy atom. The Hall–Kier alpha value is -2.96. The van der Waals surface area contributed by atoms with Crippen molar-refractivity contribution in [1.29, 1.82) is 0 Å². The number of ketones is 2. The van der Waals surface area contributed by atoms with Crippen LogP contribution in [0.4, 0.5) is 0 Å². The van der Waals surface area contributed by atoms with Gasteiger partial charge in [-0.3, -0.25) is 9.59 Å². The smallest absolute Gasteiger partial charge is 0.345 e. The van der Waals surface area contributed by atoms with Crippen LogP contribution in [0.15, 0.2) is 39.5 Å². The summed E-state index contributed by atoms with van der Waals surface area (Å²) in [7, 11) is 0. The fourth-order valence-electron chi connectivity index (χ4n) is 3.18. The van der Waals surface area contributed by atoms with E-state index in [0.29, 0.717) is 5.56 Å². The van der Waals surface area contributed by atoms with Crippen molar-refractivity contribution in [3.05, 3.63) is 73.8 Å². The first-order valence-electron chi connectivity index (χ1n) is 7.67. The Kier molecular flexibility index (Phi) is 3.68. The van der Waals surface area contributed by atoms with E-state index in [2.05, 4.69) is 0 Å². The Balaban J connectivity index is 2.11. The first-order valence-corrected chi connectivity index (χ1v) is 8.05. The highest BCUT2D eigenvalue weighted by Crippen LogP contribution is 2.37. The van der Waals surface area contributed by atoms with Crippen LogP contribution in [0.1, 0.15) is 37.6 Å². The van der Waals surface area contributed by atoms with Gasteiger partial charge >= 0.3 is 5.63 Å². The van der Waals surface area contributed by atoms with Crippen molar-refractivity contribution >= 4 is 33.9 Å². The molecule has 0 amide bonds. The molecule has 7 heteroatoms. The molecule has 0 radical (unpaired) electrons. The lowest BCUT2D eigenvalue weighted by atomic mass is 9.85. The maximum Gasteiger partial charge on any atom is 0.345 e. The van der Waals surface area contributed by atoms with Gasteiger partial charge in [-0.25, -0.2) is 4.79 Å². The Morgan fingerprint density at radius 1 is 1.08 bits per heavy atom. The van der Waals surface area contributed by atoms with Gasteiger partial charge in [0.1, 0.15) is 5.75 Å². The van der Waals surface area contributed by atoms with Crippen LogP contribution in [0.25, 0.3) is 10.8 Å². The zero-order valence-electron chi connectivity index (χ0n) is 13.5. The molecular weight excluding hydrogens is 360 g/mol. The first kappa shape index (κ1) is 16.5. The van der Waals surface area contributed by atoms with Crippen molar-refractivity contribution < 1.29 is 23.8 Å². The van der Waals surface area contributed by atoms with E-state index in [1.807, 2.05) is 0 Å². The van der Waals surface area contributed by atoms with Crippen LogP contribution in [-0.2, 0) is 0 Å². The number of rotatable bonds is 2. The summed E-state index contributed by atoms with van der Waals surface area (Å²) < 4.78 is 10.2. The highest BCUT2D eigenvalue weighted by molar-refractivity contribution is 6.38. The molecule has 1 N–H and O–H groups in total. The van der Waals surface area contributed by atoms with E-state index in [4.69, 9.17) is 25.9 Å². The fraction of sp³-hybridized carbons (Fsp3) is 0.105. The molecule has 0 saturated carbocycles. The molecule has 4 rings (SSSR count). The van der Waals surface area contributed by atoms with Crippen LogP contribution in [0.3, 0.4) is 0 Å². The van der Waals surface area contributed by atoms with Gasteiger partial charge < -0.3 is 14.3 Å².